The predicted molar refractivity (Wildman–Crippen MR) is 65.3 cm³/mol. The molecule has 1 aliphatic carbocycles. The van der Waals surface area contributed by atoms with Gasteiger partial charge in [0.25, 0.3) is 0 Å². The Kier molecular flexibility index (Phi) is 3.90. The molecule has 1 saturated carbocycles. The molecule has 1 aliphatic heterocycles. The predicted octanol–water partition coefficient (Wildman–Crippen LogP) is 2.20. The van der Waals surface area contributed by atoms with Crippen molar-refractivity contribution in [2.75, 3.05) is 7.05 Å². The number of imide groups is 1. The van der Waals surface area contributed by atoms with Crippen LogP contribution < -0.4 is 0 Å². The first-order chi connectivity index (χ1) is 7.68. The van der Waals surface area contributed by atoms with Crippen LogP contribution in [0.1, 0.15) is 44.9 Å². The van der Waals surface area contributed by atoms with Crippen LogP contribution in [0.4, 0.5) is 0 Å². The van der Waals surface area contributed by atoms with E-state index in [1.165, 1.54) is 43.4 Å². The van der Waals surface area contributed by atoms with Crippen LogP contribution in [0.15, 0.2) is 0 Å². The van der Waals surface area contributed by atoms with E-state index >= 15 is 0 Å². The number of nitrogens with zero attached hydrogens (tertiary/aromatic N) is 1. The number of carbonyl (C=O) groups is 2. The van der Waals surface area contributed by atoms with Gasteiger partial charge < -0.3 is 0 Å². The number of thioether (sulfide) groups is 1. The standard InChI is InChI=1S/C12H19NO2S/c1-13-11(14)8-10(12(13)15)16-9-6-4-2-3-5-7-9/h9-10H,2-8H2,1H3. The summed E-state index contributed by atoms with van der Waals surface area (Å²) in [4.78, 5) is 24.4. The Hall–Kier alpha value is -0.510. The van der Waals surface area contributed by atoms with Gasteiger partial charge >= 0.3 is 0 Å². The van der Waals surface area contributed by atoms with Gasteiger partial charge in [-0.15, -0.1) is 11.8 Å². The normalized spacial score (nSPS) is 28.6. The molecule has 1 heterocycles. The van der Waals surface area contributed by atoms with Crippen molar-refractivity contribution in [2.45, 2.75) is 55.4 Å². The first kappa shape index (κ1) is 12.0. The Morgan fingerprint density at radius 1 is 1.12 bits per heavy atom. The second-order valence-electron chi connectivity index (χ2n) is 4.73. The lowest BCUT2D eigenvalue weighted by atomic mass is 10.2. The fourth-order valence-electron chi connectivity index (χ4n) is 2.44. The third-order valence-corrected chi connectivity index (χ3v) is 5.05. The Bertz CT molecular complexity index is 285. The largest absolute Gasteiger partial charge is 0.285 e. The van der Waals surface area contributed by atoms with E-state index in [0.29, 0.717) is 11.7 Å². The van der Waals surface area contributed by atoms with Gasteiger partial charge in [-0.1, -0.05) is 25.7 Å². The molecular formula is C12H19NO2S. The minimum atomic E-state index is -0.0967. The molecule has 2 amide bonds. The highest BCUT2D eigenvalue weighted by atomic mass is 32.2. The molecule has 1 unspecified atom stereocenters. The number of hydrogen-bond acceptors (Lipinski definition) is 3. The van der Waals surface area contributed by atoms with Gasteiger partial charge in [0.15, 0.2) is 0 Å². The van der Waals surface area contributed by atoms with Crippen molar-refractivity contribution in [3.05, 3.63) is 0 Å². The quantitative estimate of drug-likeness (QED) is 0.549. The van der Waals surface area contributed by atoms with E-state index in [0.717, 1.165) is 0 Å². The van der Waals surface area contributed by atoms with Crippen molar-refractivity contribution in [1.82, 2.24) is 4.90 Å². The molecule has 2 fully saturated rings. The molecule has 4 heteroatoms. The molecule has 0 bridgehead atoms. The monoisotopic (exact) mass is 241 g/mol. The molecule has 1 atom stereocenters. The van der Waals surface area contributed by atoms with Crippen LogP contribution in [0.25, 0.3) is 0 Å². The van der Waals surface area contributed by atoms with Crippen molar-refractivity contribution in [1.29, 1.82) is 0 Å². The van der Waals surface area contributed by atoms with Crippen molar-refractivity contribution in [3.8, 4) is 0 Å². The smallest absolute Gasteiger partial charge is 0.242 e. The summed E-state index contributed by atoms with van der Waals surface area (Å²) >= 11 is 1.75. The zero-order valence-electron chi connectivity index (χ0n) is 9.78. The van der Waals surface area contributed by atoms with Crippen molar-refractivity contribution in [2.24, 2.45) is 0 Å². The van der Waals surface area contributed by atoms with Crippen LogP contribution in [-0.4, -0.2) is 34.3 Å². The molecule has 0 aromatic rings. The van der Waals surface area contributed by atoms with E-state index in [1.54, 1.807) is 18.8 Å². The molecule has 0 N–H and O–H groups in total. The summed E-state index contributed by atoms with van der Waals surface area (Å²) in [6, 6.07) is 0. The molecule has 2 aliphatic rings. The van der Waals surface area contributed by atoms with Crippen LogP contribution in [0.2, 0.25) is 0 Å². The summed E-state index contributed by atoms with van der Waals surface area (Å²) in [5, 5.41) is 0.497. The van der Waals surface area contributed by atoms with Gasteiger partial charge in [0.2, 0.25) is 11.8 Å². The van der Waals surface area contributed by atoms with E-state index in [2.05, 4.69) is 0 Å². The fourth-order valence-corrected chi connectivity index (χ4v) is 4.02. The number of amides is 2. The minimum Gasteiger partial charge on any atom is -0.285 e. The van der Waals surface area contributed by atoms with Gasteiger partial charge in [-0.3, -0.25) is 14.5 Å². The molecule has 1 saturated heterocycles. The number of carbonyl (C=O) groups excluding carboxylic acids is 2. The first-order valence-electron chi connectivity index (χ1n) is 6.14. The molecule has 90 valence electrons. The number of rotatable bonds is 2. The number of likely N-dealkylation sites (tertiary alicyclic amines) is 1. The van der Waals surface area contributed by atoms with E-state index < -0.39 is 0 Å². The third kappa shape index (κ3) is 2.59. The molecule has 0 radical (unpaired) electrons. The SMILES string of the molecule is CN1C(=O)CC(SC2CCCCCC2)C1=O. The van der Waals surface area contributed by atoms with Crippen molar-refractivity contribution < 1.29 is 9.59 Å². The minimum absolute atomic E-state index is 0.0132. The first-order valence-corrected chi connectivity index (χ1v) is 7.08. The van der Waals surface area contributed by atoms with Crippen molar-refractivity contribution in [3.63, 3.8) is 0 Å². The lowest BCUT2D eigenvalue weighted by Gasteiger charge is -2.16. The molecule has 0 aromatic carbocycles. The van der Waals surface area contributed by atoms with Gasteiger partial charge in [-0.2, -0.15) is 0 Å². The van der Waals surface area contributed by atoms with Crippen LogP contribution in [-0.2, 0) is 9.59 Å². The van der Waals surface area contributed by atoms with Gasteiger partial charge in [-0.25, -0.2) is 0 Å². The fraction of sp³-hybridized carbons (Fsp3) is 0.833. The van der Waals surface area contributed by atoms with E-state index in [1.807, 2.05) is 0 Å². The lowest BCUT2D eigenvalue weighted by Crippen LogP contribution is -2.27. The Morgan fingerprint density at radius 3 is 2.25 bits per heavy atom. The Morgan fingerprint density at radius 2 is 1.75 bits per heavy atom. The highest BCUT2D eigenvalue weighted by Crippen LogP contribution is 2.34. The van der Waals surface area contributed by atoms with Gasteiger partial charge in [0.1, 0.15) is 0 Å². The molecule has 2 rings (SSSR count). The zero-order chi connectivity index (χ0) is 11.5. The summed E-state index contributed by atoms with van der Waals surface area (Å²) in [5.41, 5.74) is 0. The molecule has 16 heavy (non-hydrogen) atoms. The van der Waals surface area contributed by atoms with Crippen molar-refractivity contribution >= 4 is 23.6 Å². The molecule has 0 aromatic heterocycles. The number of hydrogen-bond donors (Lipinski definition) is 0. The van der Waals surface area contributed by atoms with Crippen LogP contribution in [0, 0.1) is 0 Å². The van der Waals surface area contributed by atoms with Crippen LogP contribution >= 0.6 is 11.8 Å². The topological polar surface area (TPSA) is 37.4 Å². The Balaban J connectivity index is 1.89. The van der Waals surface area contributed by atoms with E-state index in [-0.39, 0.29) is 17.1 Å². The molecular weight excluding hydrogens is 222 g/mol. The maximum absolute atomic E-state index is 11.8. The maximum Gasteiger partial charge on any atom is 0.242 e. The molecule has 0 spiro atoms. The third-order valence-electron chi connectivity index (χ3n) is 3.50. The van der Waals surface area contributed by atoms with E-state index in [4.69, 9.17) is 0 Å². The zero-order valence-corrected chi connectivity index (χ0v) is 10.6. The Labute approximate surface area is 101 Å². The summed E-state index contributed by atoms with van der Waals surface area (Å²) in [6.07, 6.45) is 8.06. The summed E-state index contributed by atoms with van der Waals surface area (Å²) in [7, 11) is 1.60. The average Bonchev–Trinajstić information content (AvgIpc) is 2.53. The summed E-state index contributed by atoms with van der Waals surface area (Å²) in [5.74, 6) is -0.00429. The molecule has 3 nitrogen and oxygen atoms in total. The van der Waals surface area contributed by atoms with Gasteiger partial charge in [0.05, 0.1) is 5.25 Å². The van der Waals surface area contributed by atoms with E-state index in [9.17, 15) is 9.59 Å². The second kappa shape index (κ2) is 5.21. The second-order valence-corrected chi connectivity index (χ2v) is 6.24. The summed E-state index contributed by atoms with van der Waals surface area (Å²) < 4.78 is 0. The maximum atomic E-state index is 11.8. The average molecular weight is 241 g/mol. The highest BCUT2D eigenvalue weighted by Gasteiger charge is 2.37. The van der Waals surface area contributed by atoms with Crippen LogP contribution in [0.5, 0.6) is 0 Å². The van der Waals surface area contributed by atoms with Gasteiger partial charge in [-0.05, 0) is 12.8 Å². The van der Waals surface area contributed by atoms with Gasteiger partial charge in [0, 0.05) is 18.7 Å². The lowest BCUT2D eigenvalue weighted by molar-refractivity contribution is -0.136. The summed E-state index contributed by atoms with van der Waals surface area (Å²) in [6.45, 7) is 0. The highest BCUT2D eigenvalue weighted by molar-refractivity contribution is 8.01. The van der Waals surface area contributed by atoms with Crippen LogP contribution in [0.3, 0.4) is 0 Å².